The fourth-order valence-electron chi connectivity index (χ4n) is 3.13. The Morgan fingerprint density at radius 1 is 0.933 bits per heavy atom. The summed E-state index contributed by atoms with van der Waals surface area (Å²) in [7, 11) is -0.701. The van der Waals surface area contributed by atoms with Gasteiger partial charge in [-0.1, -0.05) is 18.2 Å². The van der Waals surface area contributed by atoms with Crippen LogP contribution in [0.25, 0.3) is 0 Å². The van der Waals surface area contributed by atoms with E-state index in [4.69, 9.17) is 4.74 Å². The lowest BCUT2D eigenvalue weighted by molar-refractivity contribution is -0.134. The van der Waals surface area contributed by atoms with E-state index < -0.39 is 16.0 Å². The van der Waals surface area contributed by atoms with E-state index in [9.17, 15) is 18.0 Å². The first kappa shape index (κ1) is 21.8. The maximum atomic E-state index is 12.4. The van der Waals surface area contributed by atoms with Crippen molar-refractivity contribution in [3.8, 4) is 0 Å². The number of para-hydroxylation sites is 1. The maximum absolute atomic E-state index is 12.4. The molecule has 1 aliphatic heterocycles. The first-order chi connectivity index (χ1) is 14.3. The minimum absolute atomic E-state index is 0.0800. The molecular formula is C21H25N3O5S. The zero-order chi connectivity index (χ0) is 21.7. The topological polar surface area (TPSA) is 87.2 Å². The molecule has 9 heteroatoms. The molecule has 1 aliphatic rings. The van der Waals surface area contributed by atoms with Crippen LogP contribution in [0.15, 0.2) is 59.5 Å². The van der Waals surface area contributed by atoms with Crippen LogP contribution in [0.3, 0.4) is 0 Å². The van der Waals surface area contributed by atoms with Crippen LogP contribution in [-0.4, -0.2) is 76.4 Å². The van der Waals surface area contributed by atoms with Gasteiger partial charge in [0.1, 0.15) is 0 Å². The predicted molar refractivity (Wildman–Crippen MR) is 113 cm³/mol. The molecule has 30 heavy (non-hydrogen) atoms. The second kappa shape index (κ2) is 9.27. The van der Waals surface area contributed by atoms with Crippen molar-refractivity contribution in [2.75, 3.05) is 51.8 Å². The summed E-state index contributed by atoms with van der Waals surface area (Å²) in [5.41, 5.74) is 1.31. The van der Waals surface area contributed by atoms with Crippen LogP contribution in [0.2, 0.25) is 0 Å². The van der Waals surface area contributed by atoms with Crippen molar-refractivity contribution in [2.24, 2.45) is 0 Å². The number of nitrogens with zero attached hydrogens (tertiary/aromatic N) is 3. The normalized spacial score (nSPS) is 14.6. The van der Waals surface area contributed by atoms with E-state index in [0.717, 1.165) is 9.99 Å². The van der Waals surface area contributed by atoms with Crippen molar-refractivity contribution < 1.29 is 22.7 Å². The summed E-state index contributed by atoms with van der Waals surface area (Å²) >= 11 is 0. The minimum atomic E-state index is -3.57. The highest BCUT2D eigenvalue weighted by atomic mass is 32.2. The molecular weight excluding hydrogens is 406 g/mol. The van der Waals surface area contributed by atoms with Gasteiger partial charge in [0.05, 0.1) is 10.5 Å². The van der Waals surface area contributed by atoms with E-state index in [0.29, 0.717) is 26.2 Å². The van der Waals surface area contributed by atoms with Gasteiger partial charge in [-0.2, -0.15) is 0 Å². The second-order valence-corrected chi connectivity index (χ2v) is 9.24. The monoisotopic (exact) mass is 431 g/mol. The summed E-state index contributed by atoms with van der Waals surface area (Å²) in [5.74, 6) is -0.914. The molecule has 3 rings (SSSR count). The quantitative estimate of drug-likeness (QED) is 0.644. The number of benzene rings is 2. The number of rotatable bonds is 6. The molecule has 2 aromatic rings. The Hall–Kier alpha value is -2.91. The molecule has 1 saturated heterocycles. The largest absolute Gasteiger partial charge is 0.452 e. The summed E-state index contributed by atoms with van der Waals surface area (Å²) in [4.78, 5) is 28.6. The van der Waals surface area contributed by atoms with E-state index in [2.05, 4.69) is 4.90 Å². The number of anilines is 1. The van der Waals surface area contributed by atoms with E-state index in [1.165, 1.54) is 38.4 Å². The fourth-order valence-corrected chi connectivity index (χ4v) is 4.03. The highest BCUT2D eigenvalue weighted by Gasteiger charge is 2.23. The Morgan fingerprint density at radius 3 is 2.10 bits per heavy atom. The molecule has 0 spiro atoms. The zero-order valence-corrected chi connectivity index (χ0v) is 17.8. The SMILES string of the molecule is CN(C)S(=O)(=O)c1ccc(C(=O)OCC(=O)N2CCN(c3ccccc3)CC2)cc1. The van der Waals surface area contributed by atoms with Gasteiger partial charge in [0.25, 0.3) is 5.91 Å². The first-order valence-corrected chi connectivity index (χ1v) is 11.0. The van der Waals surface area contributed by atoms with Crippen LogP contribution < -0.4 is 4.90 Å². The number of carbonyl (C=O) groups excluding carboxylic acids is 2. The van der Waals surface area contributed by atoms with Gasteiger partial charge in [0, 0.05) is 46.0 Å². The van der Waals surface area contributed by atoms with Crippen molar-refractivity contribution in [1.29, 1.82) is 0 Å². The number of esters is 1. The number of piperazine rings is 1. The van der Waals surface area contributed by atoms with E-state index in [1.54, 1.807) is 4.90 Å². The molecule has 2 aromatic carbocycles. The van der Waals surface area contributed by atoms with Crippen molar-refractivity contribution in [1.82, 2.24) is 9.21 Å². The van der Waals surface area contributed by atoms with Crippen molar-refractivity contribution in [3.63, 3.8) is 0 Å². The lowest BCUT2D eigenvalue weighted by atomic mass is 10.2. The third kappa shape index (κ3) is 4.98. The molecule has 1 fully saturated rings. The van der Waals surface area contributed by atoms with Gasteiger partial charge >= 0.3 is 5.97 Å². The van der Waals surface area contributed by atoms with Gasteiger partial charge in [-0.3, -0.25) is 4.79 Å². The minimum Gasteiger partial charge on any atom is -0.452 e. The number of hydrogen-bond donors (Lipinski definition) is 0. The summed E-state index contributed by atoms with van der Waals surface area (Å²) in [5, 5.41) is 0. The number of hydrogen-bond acceptors (Lipinski definition) is 6. The Kier molecular flexibility index (Phi) is 6.73. The molecule has 0 radical (unpaired) electrons. The number of amides is 1. The van der Waals surface area contributed by atoms with Crippen LogP contribution in [-0.2, 0) is 19.6 Å². The van der Waals surface area contributed by atoms with E-state index in [-0.39, 0.29) is 23.0 Å². The summed E-state index contributed by atoms with van der Waals surface area (Å²) in [6.45, 7) is 2.20. The molecule has 0 N–H and O–H groups in total. The molecule has 0 aromatic heterocycles. The van der Waals surface area contributed by atoms with Crippen molar-refractivity contribution in [2.45, 2.75) is 4.90 Å². The van der Waals surface area contributed by atoms with Crippen LogP contribution in [0.1, 0.15) is 10.4 Å². The molecule has 0 atom stereocenters. The second-order valence-electron chi connectivity index (χ2n) is 7.09. The molecule has 160 valence electrons. The third-order valence-corrected chi connectivity index (χ3v) is 6.78. The Morgan fingerprint density at radius 2 is 1.53 bits per heavy atom. The van der Waals surface area contributed by atoms with E-state index >= 15 is 0 Å². The summed E-state index contributed by atoms with van der Waals surface area (Å²) in [6, 6.07) is 15.4. The molecule has 8 nitrogen and oxygen atoms in total. The number of sulfonamides is 1. The summed E-state index contributed by atoms with van der Waals surface area (Å²) < 4.78 is 30.4. The average Bonchev–Trinajstić information content (AvgIpc) is 2.78. The molecule has 0 unspecified atom stereocenters. The smallest absolute Gasteiger partial charge is 0.338 e. The standard InChI is InChI=1S/C21H25N3O5S/c1-22(2)30(27,28)19-10-8-17(9-11-19)21(26)29-16-20(25)24-14-12-23(13-15-24)18-6-4-3-5-7-18/h3-11H,12-16H2,1-2H3. The first-order valence-electron chi connectivity index (χ1n) is 9.56. The molecule has 1 heterocycles. The van der Waals surface area contributed by atoms with Gasteiger partial charge < -0.3 is 14.5 Å². The Balaban J connectivity index is 1.50. The van der Waals surface area contributed by atoms with Crippen LogP contribution in [0.5, 0.6) is 0 Å². The highest BCUT2D eigenvalue weighted by Crippen LogP contribution is 2.16. The Bertz CT molecular complexity index is 983. The summed E-state index contributed by atoms with van der Waals surface area (Å²) in [6.07, 6.45) is 0. The molecule has 0 aliphatic carbocycles. The number of carbonyl (C=O) groups is 2. The van der Waals surface area contributed by atoms with Crippen LogP contribution >= 0.6 is 0 Å². The third-order valence-electron chi connectivity index (χ3n) is 4.95. The molecule has 1 amide bonds. The highest BCUT2D eigenvalue weighted by molar-refractivity contribution is 7.89. The van der Waals surface area contributed by atoms with Gasteiger partial charge in [0.2, 0.25) is 10.0 Å². The van der Waals surface area contributed by atoms with Crippen molar-refractivity contribution >= 4 is 27.6 Å². The van der Waals surface area contributed by atoms with Crippen molar-refractivity contribution in [3.05, 3.63) is 60.2 Å². The van der Waals surface area contributed by atoms with Gasteiger partial charge in [-0.25, -0.2) is 17.5 Å². The zero-order valence-electron chi connectivity index (χ0n) is 17.0. The average molecular weight is 432 g/mol. The lowest BCUT2D eigenvalue weighted by Gasteiger charge is -2.36. The predicted octanol–water partition coefficient (Wildman–Crippen LogP) is 1.44. The lowest BCUT2D eigenvalue weighted by Crippen LogP contribution is -2.49. The maximum Gasteiger partial charge on any atom is 0.338 e. The molecule has 0 saturated carbocycles. The van der Waals surface area contributed by atoms with Gasteiger partial charge in [-0.05, 0) is 36.4 Å². The fraction of sp³-hybridized carbons (Fsp3) is 0.333. The van der Waals surface area contributed by atoms with Crippen LogP contribution in [0, 0.1) is 0 Å². The van der Waals surface area contributed by atoms with Gasteiger partial charge in [0.15, 0.2) is 6.61 Å². The number of ether oxygens (including phenoxy) is 1. The molecule has 0 bridgehead atoms. The Labute approximate surface area is 176 Å². The van der Waals surface area contributed by atoms with E-state index in [1.807, 2.05) is 30.3 Å². The van der Waals surface area contributed by atoms with Gasteiger partial charge in [-0.15, -0.1) is 0 Å². The van der Waals surface area contributed by atoms with Crippen LogP contribution in [0.4, 0.5) is 5.69 Å².